The van der Waals surface area contributed by atoms with Crippen molar-refractivity contribution in [2.75, 3.05) is 0 Å². The summed E-state index contributed by atoms with van der Waals surface area (Å²) in [5.41, 5.74) is 1.74. The lowest BCUT2D eigenvalue weighted by atomic mass is 9.71. The van der Waals surface area contributed by atoms with Crippen molar-refractivity contribution in [3.05, 3.63) is 24.0 Å². The lowest BCUT2D eigenvalue weighted by molar-refractivity contribution is 0.137. The minimum absolute atomic E-state index is 0.285. The van der Waals surface area contributed by atoms with E-state index in [9.17, 15) is 0 Å². The van der Waals surface area contributed by atoms with Gasteiger partial charge in [-0.1, -0.05) is 26.8 Å². The smallest absolute Gasteiger partial charge is 0.129 e. The highest BCUT2D eigenvalue weighted by Gasteiger charge is 2.40. The van der Waals surface area contributed by atoms with Crippen LogP contribution in [-0.4, -0.2) is 6.10 Å². The molecule has 0 fully saturated rings. The Hall–Kier alpha value is -0.720. The first kappa shape index (κ1) is 6.96. The molecule has 1 heterocycles. The zero-order valence-corrected chi connectivity index (χ0v) is 7.29. The molecule has 0 amide bonds. The average Bonchev–Trinajstić information content (AvgIpc) is 2.08. The molecule has 11 heavy (non-hydrogen) atoms. The fourth-order valence-electron chi connectivity index (χ4n) is 1.70. The van der Waals surface area contributed by atoms with E-state index in [1.165, 1.54) is 5.57 Å². The van der Waals surface area contributed by atoms with Crippen LogP contribution in [0, 0.1) is 11.3 Å². The maximum Gasteiger partial charge on any atom is 0.129 e. The van der Waals surface area contributed by atoms with Gasteiger partial charge in [0, 0.05) is 5.92 Å². The van der Waals surface area contributed by atoms with E-state index in [0.29, 0.717) is 12.0 Å². The quantitative estimate of drug-likeness (QED) is 0.482. The average molecular weight is 150 g/mol. The minimum Gasteiger partial charge on any atom is -0.493 e. The zero-order valence-electron chi connectivity index (χ0n) is 7.29. The number of rotatable bonds is 0. The molecule has 0 aromatic heterocycles. The van der Waals surface area contributed by atoms with Crippen LogP contribution in [0.3, 0.4) is 0 Å². The van der Waals surface area contributed by atoms with Gasteiger partial charge in [-0.05, 0) is 17.1 Å². The molecule has 0 saturated heterocycles. The number of fused-ring (bicyclic) bond motifs is 1. The van der Waals surface area contributed by atoms with E-state index in [4.69, 9.17) is 4.74 Å². The molecule has 2 rings (SSSR count). The summed E-state index contributed by atoms with van der Waals surface area (Å²) in [6.45, 7) is 6.70. The summed E-state index contributed by atoms with van der Waals surface area (Å²) >= 11 is 0. The van der Waals surface area contributed by atoms with Crippen molar-refractivity contribution in [3.63, 3.8) is 0 Å². The standard InChI is InChI=1S/C10H14O/c1-10(2,3)8-6-7-4-5-11-9(7)8/h4-7,9H,1-3H3/t7-,9?/m1/s1. The second-order valence-electron chi connectivity index (χ2n) is 4.33. The number of ether oxygens (including phenoxy) is 1. The molecule has 2 atom stereocenters. The van der Waals surface area contributed by atoms with E-state index in [1.807, 2.05) is 6.26 Å². The molecular formula is C10H14O. The third-order valence-corrected chi connectivity index (χ3v) is 2.42. The third-order valence-electron chi connectivity index (χ3n) is 2.42. The first-order chi connectivity index (χ1) is 5.09. The molecular weight excluding hydrogens is 136 g/mol. The summed E-state index contributed by atoms with van der Waals surface area (Å²) in [6, 6.07) is 0. The lowest BCUT2D eigenvalue weighted by Gasteiger charge is -2.37. The van der Waals surface area contributed by atoms with Gasteiger partial charge in [-0.2, -0.15) is 0 Å². The Bertz CT molecular complexity index is 230. The summed E-state index contributed by atoms with van der Waals surface area (Å²) in [6.07, 6.45) is 6.63. The Morgan fingerprint density at radius 3 is 2.64 bits per heavy atom. The van der Waals surface area contributed by atoms with Crippen molar-refractivity contribution >= 4 is 0 Å². The van der Waals surface area contributed by atoms with Crippen LogP contribution in [0.4, 0.5) is 0 Å². The van der Waals surface area contributed by atoms with Gasteiger partial charge in [-0.25, -0.2) is 0 Å². The minimum atomic E-state index is 0.285. The van der Waals surface area contributed by atoms with Crippen molar-refractivity contribution in [2.24, 2.45) is 11.3 Å². The molecule has 1 nitrogen and oxygen atoms in total. The number of hydrogen-bond acceptors (Lipinski definition) is 1. The van der Waals surface area contributed by atoms with Gasteiger partial charge < -0.3 is 4.74 Å². The van der Waals surface area contributed by atoms with Crippen molar-refractivity contribution < 1.29 is 4.74 Å². The van der Waals surface area contributed by atoms with Crippen LogP contribution in [0.25, 0.3) is 0 Å². The van der Waals surface area contributed by atoms with Crippen LogP contribution in [0.5, 0.6) is 0 Å². The molecule has 0 N–H and O–H groups in total. The number of hydrogen-bond donors (Lipinski definition) is 0. The molecule has 2 aliphatic rings. The van der Waals surface area contributed by atoms with Gasteiger partial charge in [0.1, 0.15) is 6.10 Å². The van der Waals surface area contributed by atoms with E-state index in [1.54, 1.807) is 0 Å². The van der Waals surface area contributed by atoms with Crippen molar-refractivity contribution in [1.29, 1.82) is 0 Å². The molecule has 1 aliphatic carbocycles. The van der Waals surface area contributed by atoms with E-state index >= 15 is 0 Å². The fraction of sp³-hybridized carbons (Fsp3) is 0.600. The van der Waals surface area contributed by atoms with Crippen LogP contribution in [0.15, 0.2) is 24.0 Å². The summed E-state index contributed by atoms with van der Waals surface area (Å²) in [7, 11) is 0. The van der Waals surface area contributed by atoms with Gasteiger partial charge in [0.15, 0.2) is 0 Å². The molecule has 0 aromatic rings. The molecule has 0 saturated carbocycles. The molecule has 0 radical (unpaired) electrons. The molecule has 0 spiro atoms. The predicted molar refractivity (Wildman–Crippen MR) is 45.0 cm³/mol. The maximum absolute atomic E-state index is 5.44. The van der Waals surface area contributed by atoms with Gasteiger partial charge in [0.05, 0.1) is 6.26 Å². The first-order valence-corrected chi connectivity index (χ1v) is 4.13. The highest BCUT2D eigenvalue weighted by Crippen LogP contribution is 2.44. The normalized spacial score (nSPS) is 33.9. The van der Waals surface area contributed by atoms with Crippen LogP contribution < -0.4 is 0 Å². The fourth-order valence-corrected chi connectivity index (χ4v) is 1.70. The van der Waals surface area contributed by atoms with E-state index in [-0.39, 0.29) is 5.41 Å². The maximum atomic E-state index is 5.44. The van der Waals surface area contributed by atoms with Crippen LogP contribution in [-0.2, 0) is 4.74 Å². The van der Waals surface area contributed by atoms with Crippen LogP contribution in [0.1, 0.15) is 20.8 Å². The Morgan fingerprint density at radius 2 is 2.09 bits per heavy atom. The Labute approximate surface area is 67.7 Å². The summed E-state index contributed by atoms with van der Waals surface area (Å²) in [5.74, 6) is 0.573. The third kappa shape index (κ3) is 0.907. The molecule has 1 aliphatic heterocycles. The van der Waals surface area contributed by atoms with Gasteiger partial charge >= 0.3 is 0 Å². The zero-order chi connectivity index (χ0) is 8.06. The van der Waals surface area contributed by atoms with Gasteiger partial charge in [-0.3, -0.25) is 0 Å². The highest BCUT2D eigenvalue weighted by molar-refractivity contribution is 5.35. The predicted octanol–water partition coefficient (Wildman–Crippen LogP) is 2.50. The van der Waals surface area contributed by atoms with E-state index in [2.05, 4.69) is 32.9 Å². The molecule has 60 valence electrons. The Kier molecular flexibility index (Phi) is 1.20. The van der Waals surface area contributed by atoms with E-state index < -0.39 is 0 Å². The molecule has 1 heteroatoms. The van der Waals surface area contributed by atoms with Gasteiger partial charge in [-0.15, -0.1) is 0 Å². The Morgan fingerprint density at radius 1 is 1.36 bits per heavy atom. The Balaban J connectivity index is 2.17. The first-order valence-electron chi connectivity index (χ1n) is 4.13. The molecule has 0 aromatic carbocycles. The van der Waals surface area contributed by atoms with Crippen LogP contribution >= 0.6 is 0 Å². The van der Waals surface area contributed by atoms with Crippen molar-refractivity contribution in [2.45, 2.75) is 26.9 Å². The van der Waals surface area contributed by atoms with Gasteiger partial charge in [0.25, 0.3) is 0 Å². The van der Waals surface area contributed by atoms with Crippen LogP contribution in [0.2, 0.25) is 0 Å². The van der Waals surface area contributed by atoms with Crippen molar-refractivity contribution in [3.8, 4) is 0 Å². The lowest BCUT2D eigenvalue weighted by Crippen LogP contribution is -2.34. The second-order valence-corrected chi connectivity index (χ2v) is 4.33. The van der Waals surface area contributed by atoms with Crippen molar-refractivity contribution in [1.82, 2.24) is 0 Å². The summed E-state index contributed by atoms with van der Waals surface area (Å²) < 4.78 is 5.44. The monoisotopic (exact) mass is 150 g/mol. The summed E-state index contributed by atoms with van der Waals surface area (Å²) in [5, 5.41) is 0. The van der Waals surface area contributed by atoms with E-state index in [0.717, 1.165) is 0 Å². The topological polar surface area (TPSA) is 9.23 Å². The molecule has 1 unspecified atom stereocenters. The SMILES string of the molecule is CC(C)(C)C1=C[C@H]2C=COC12. The highest BCUT2D eigenvalue weighted by atomic mass is 16.5. The summed E-state index contributed by atoms with van der Waals surface area (Å²) in [4.78, 5) is 0. The second kappa shape index (κ2) is 1.90. The largest absolute Gasteiger partial charge is 0.493 e. The molecule has 0 bridgehead atoms. The van der Waals surface area contributed by atoms with Gasteiger partial charge in [0.2, 0.25) is 0 Å².